The van der Waals surface area contributed by atoms with Crippen LogP contribution in [0.5, 0.6) is 0 Å². The molecule has 0 bridgehead atoms. The Hall–Kier alpha value is -0.200. The van der Waals surface area contributed by atoms with Crippen LogP contribution >= 0.6 is 11.8 Å². The topological polar surface area (TPSA) is 44.0 Å². The van der Waals surface area contributed by atoms with Crippen molar-refractivity contribution >= 4 is 11.8 Å². The standard InChI is InChI=1S/C15H25NOS/c1-11(2)12-3-6-15(10-16,7-4-12)14(17)13-5-8-18-9-13/h11-14,17H,3-9H2,1-2H3. The second kappa shape index (κ2) is 5.84. The Kier molecular flexibility index (Phi) is 4.61. The zero-order valence-electron chi connectivity index (χ0n) is 11.6. The van der Waals surface area contributed by atoms with Crippen molar-refractivity contribution in [2.45, 2.75) is 52.1 Å². The van der Waals surface area contributed by atoms with Crippen LogP contribution in [0.2, 0.25) is 0 Å². The van der Waals surface area contributed by atoms with Gasteiger partial charge in [0.15, 0.2) is 0 Å². The molecule has 0 spiro atoms. The summed E-state index contributed by atoms with van der Waals surface area (Å²) in [5.74, 6) is 4.00. The third kappa shape index (κ3) is 2.70. The molecule has 0 aromatic heterocycles. The third-order valence-electron chi connectivity index (χ3n) is 5.07. The van der Waals surface area contributed by atoms with Gasteiger partial charge in [0, 0.05) is 0 Å². The van der Waals surface area contributed by atoms with E-state index in [9.17, 15) is 10.4 Å². The van der Waals surface area contributed by atoms with Crippen molar-refractivity contribution < 1.29 is 5.11 Å². The molecule has 1 saturated carbocycles. The van der Waals surface area contributed by atoms with E-state index in [0.717, 1.165) is 49.5 Å². The highest BCUT2D eigenvalue weighted by Gasteiger charge is 2.45. The van der Waals surface area contributed by atoms with Crippen molar-refractivity contribution in [2.75, 3.05) is 11.5 Å². The van der Waals surface area contributed by atoms with E-state index in [4.69, 9.17) is 0 Å². The fourth-order valence-electron chi connectivity index (χ4n) is 3.55. The molecule has 1 aliphatic carbocycles. The summed E-state index contributed by atoms with van der Waals surface area (Å²) in [6.45, 7) is 4.54. The van der Waals surface area contributed by atoms with Gasteiger partial charge in [-0.1, -0.05) is 13.8 Å². The Morgan fingerprint density at radius 3 is 2.33 bits per heavy atom. The summed E-state index contributed by atoms with van der Waals surface area (Å²) in [6.07, 6.45) is 4.71. The largest absolute Gasteiger partial charge is 0.391 e. The molecule has 0 radical (unpaired) electrons. The molecule has 2 fully saturated rings. The van der Waals surface area contributed by atoms with Crippen LogP contribution in [0.15, 0.2) is 0 Å². The van der Waals surface area contributed by atoms with Gasteiger partial charge in [-0.25, -0.2) is 0 Å². The van der Waals surface area contributed by atoms with E-state index in [1.807, 2.05) is 11.8 Å². The molecule has 1 heterocycles. The Morgan fingerprint density at radius 2 is 1.89 bits per heavy atom. The van der Waals surface area contributed by atoms with E-state index >= 15 is 0 Å². The summed E-state index contributed by atoms with van der Waals surface area (Å²) >= 11 is 1.92. The van der Waals surface area contributed by atoms with Crippen molar-refractivity contribution in [3.8, 4) is 6.07 Å². The van der Waals surface area contributed by atoms with E-state index in [-0.39, 0.29) is 0 Å². The molecule has 1 N–H and O–H groups in total. The van der Waals surface area contributed by atoms with Crippen LogP contribution in [-0.2, 0) is 0 Å². The van der Waals surface area contributed by atoms with Gasteiger partial charge in [-0.3, -0.25) is 0 Å². The van der Waals surface area contributed by atoms with Gasteiger partial charge in [0.25, 0.3) is 0 Å². The lowest BCUT2D eigenvalue weighted by Gasteiger charge is -2.41. The fourth-order valence-corrected chi connectivity index (χ4v) is 4.84. The molecule has 2 nitrogen and oxygen atoms in total. The summed E-state index contributed by atoms with van der Waals surface area (Å²) in [4.78, 5) is 0. The van der Waals surface area contributed by atoms with Crippen LogP contribution in [0, 0.1) is 34.5 Å². The number of rotatable bonds is 3. The average molecular weight is 267 g/mol. The molecule has 2 rings (SSSR count). The number of aliphatic hydroxyl groups is 1. The summed E-state index contributed by atoms with van der Waals surface area (Å²) in [5.41, 5.74) is -0.443. The zero-order chi connectivity index (χ0) is 13.2. The quantitative estimate of drug-likeness (QED) is 0.851. The minimum Gasteiger partial charge on any atom is -0.391 e. The van der Waals surface area contributed by atoms with E-state index in [2.05, 4.69) is 19.9 Å². The minimum absolute atomic E-state index is 0.352. The number of nitrogens with zero attached hydrogens (tertiary/aromatic N) is 1. The molecule has 1 aliphatic heterocycles. The Bertz CT molecular complexity index is 309. The van der Waals surface area contributed by atoms with Gasteiger partial charge in [0.05, 0.1) is 17.6 Å². The first-order valence-corrected chi connectivity index (χ1v) is 8.41. The van der Waals surface area contributed by atoms with Gasteiger partial charge in [-0.2, -0.15) is 17.0 Å². The second-order valence-electron chi connectivity index (χ2n) is 6.42. The van der Waals surface area contributed by atoms with Crippen LogP contribution in [-0.4, -0.2) is 22.7 Å². The van der Waals surface area contributed by atoms with E-state index in [1.54, 1.807) is 0 Å². The summed E-state index contributed by atoms with van der Waals surface area (Å²) in [7, 11) is 0. The molecular formula is C15H25NOS. The van der Waals surface area contributed by atoms with Crippen LogP contribution in [0.1, 0.15) is 46.0 Å². The maximum absolute atomic E-state index is 10.6. The van der Waals surface area contributed by atoms with Gasteiger partial charge < -0.3 is 5.11 Å². The Labute approximate surface area is 115 Å². The predicted octanol–water partition coefficient (Wildman–Crippen LogP) is 3.46. The number of hydrogen-bond donors (Lipinski definition) is 1. The number of nitriles is 1. The summed E-state index contributed by atoms with van der Waals surface area (Å²) < 4.78 is 0. The van der Waals surface area contributed by atoms with Crippen molar-refractivity contribution in [1.82, 2.24) is 0 Å². The first-order chi connectivity index (χ1) is 8.59. The monoisotopic (exact) mass is 267 g/mol. The lowest BCUT2D eigenvalue weighted by atomic mass is 9.64. The fraction of sp³-hybridized carbons (Fsp3) is 0.933. The lowest BCUT2D eigenvalue weighted by molar-refractivity contribution is -0.0119. The predicted molar refractivity (Wildman–Crippen MR) is 76.3 cm³/mol. The van der Waals surface area contributed by atoms with Gasteiger partial charge >= 0.3 is 0 Å². The van der Waals surface area contributed by atoms with Crippen molar-refractivity contribution in [1.29, 1.82) is 5.26 Å². The molecular weight excluding hydrogens is 242 g/mol. The smallest absolute Gasteiger partial charge is 0.0835 e. The Balaban J connectivity index is 2.01. The maximum atomic E-state index is 10.6. The maximum Gasteiger partial charge on any atom is 0.0835 e. The molecule has 0 amide bonds. The zero-order valence-corrected chi connectivity index (χ0v) is 12.4. The van der Waals surface area contributed by atoms with Gasteiger partial charge in [-0.15, -0.1) is 0 Å². The van der Waals surface area contributed by atoms with E-state index < -0.39 is 11.5 Å². The summed E-state index contributed by atoms with van der Waals surface area (Å²) in [6, 6.07) is 2.49. The molecule has 18 heavy (non-hydrogen) atoms. The highest BCUT2D eigenvalue weighted by Crippen LogP contribution is 2.46. The van der Waals surface area contributed by atoms with Crippen molar-refractivity contribution in [3.63, 3.8) is 0 Å². The molecule has 1 saturated heterocycles. The molecule has 3 heteroatoms. The van der Waals surface area contributed by atoms with Crippen LogP contribution in [0.4, 0.5) is 0 Å². The van der Waals surface area contributed by atoms with Crippen LogP contribution < -0.4 is 0 Å². The van der Waals surface area contributed by atoms with Crippen LogP contribution in [0.3, 0.4) is 0 Å². The minimum atomic E-state index is -0.443. The molecule has 0 aromatic rings. The highest BCUT2D eigenvalue weighted by molar-refractivity contribution is 7.99. The normalized spacial score (nSPS) is 38.6. The van der Waals surface area contributed by atoms with Gasteiger partial charge in [0.2, 0.25) is 0 Å². The number of aliphatic hydroxyl groups excluding tert-OH is 1. The molecule has 102 valence electrons. The third-order valence-corrected chi connectivity index (χ3v) is 6.25. The first kappa shape index (κ1) is 14.2. The SMILES string of the molecule is CC(C)C1CCC(C#N)(C(O)C2CCSC2)CC1. The van der Waals surface area contributed by atoms with Gasteiger partial charge in [0.1, 0.15) is 0 Å². The van der Waals surface area contributed by atoms with Crippen LogP contribution in [0.25, 0.3) is 0 Å². The van der Waals surface area contributed by atoms with Crippen molar-refractivity contribution in [2.24, 2.45) is 23.2 Å². The Morgan fingerprint density at radius 1 is 1.22 bits per heavy atom. The molecule has 2 atom stereocenters. The first-order valence-electron chi connectivity index (χ1n) is 7.26. The second-order valence-corrected chi connectivity index (χ2v) is 7.57. The molecule has 0 aromatic carbocycles. The highest BCUT2D eigenvalue weighted by atomic mass is 32.2. The number of thioether (sulfide) groups is 1. The number of hydrogen-bond acceptors (Lipinski definition) is 3. The molecule has 2 unspecified atom stereocenters. The lowest BCUT2D eigenvalue weighted by Crippen LogP contribution is -2.42. The van der Waals surface area contributed by atoms with Crippen molar-refractivity contribution in [3.05, 3.63) is 0 Å². The van der Waals surface area contributed by atoms with Gasteiger partial charge in [-0.05, 0) is 61.4 Å². The summed E-state index contributed by atoms with van der Waals surface area (Å²) in [5, 5.41) is 20.2. The van der Waals surface area contributed by atoms with E-state index in [0.29, 0.717) is 11.8 Å². The van der Waals surface area contributed by atoms with E-state index in [1.165, 1.54) is 0 Å². The molecule has 2 aliphatic rings. The average Bonchev–Trinajstić information content (AvgIpc) is 2.91.